The molecule has 0 aliphatic rings. The van der Waals surface area contributed by atoms with Gasteiger partial charge in [-0.2, -0.15) is 4.98 Å². The van der Waals surface area contributed by atoms with Crippen molar-refractivity contribution in [2.45, 2.75) is 13.5 Å². The van der Waals surface area contributed by atoms with Crippen molar-refractivity contribution >= 4 is 17.7 Å². The predicted molar refractivity (Wildman–Crippen MR) is 82.2 cm³/mol. The van der Waals surface area contributed by atoms with E-state index in [9.17, 15) is 0 Å². The third-order valence-electron chi connectivity index (χ3n) is 3.06. The largest absolute Gasteiger partial charge is 0.368 e. The van der Waals surface area contributed by atoms with E-state index in [1.165, 1.54) is 5.56 Å². The number of benzene rings is 1. The average Bonchev–Trinajstić information content (AvgIpc) is 2.82. The average molecular weight is 280 g/mol. The van der Waals surface area contributed by atoms with Crippen LogP contribution in [0.4, 0.5) is 17.7 Å². The van der Waals surface area contributed by atoms with Gasteiger partial charge in [0.1, 0.15) is 5.82 Å². The SMILES string of the molecule is Cc1ccc(Cn2nc(Nc3ccccn3)nc2N)cc1. The lowest BCUT2D eigenvalue weighted by molar-refractivity contribution is 0.698. The topological polar surface area (TPSA) is 81.7 Å². The van der Waals surface area contributed by atoms with E-state index >= 15 is 0 Å². The normalized spacial score (nSPS) is 10.5. The fourth-order valence-electron chi connectivity index (χ4n) is 1.94. The van der Waals surface area contributed by atoms with Crippen molar-refractivity contribution in [2.24, 2.45) is 0 Å². The summed E-state index contributed by atoms with van der Waals surface area (Å²) in [5.41, 5.74) is 8.25. The van der Waals surface area contributed by atoms with Gasteiger partial charge in [0.05, 0.1) is 6.54 Å². The van der Waals surface area contributed by atoms with E-state index in [0.717, 1.165) is 5.56 Å². The zero-order valence-electron chi connectivity index (χ0n) is 11.7. The van der Waals surface area contributed by atoms with E-state index in [1.54, 1.807) is 10.9 Å². The minimum Gasteiger partial charge on any atom is -0.368 e. The van der Waals surface area contributed by atoms with Crippen LogP contribution in [0.2, 0.25) is 0 Å². The lowest BCUT2D eigenvalue weighted by Crippen LogP contribution is -2.06. The maximum Gasteiger partial charge on any atom is 0.249 e. The molecule has 0 amide bonds. The Bertz CT molecular complexity index is 718. The first-order valence-electron chi connectivity index (χ1n) is 6.64. The third kappa shape index (κ3) is 3.17. The highest BCUT2D eigenvalue weighted by molar-refractivity contribution is 5.48. The molecule has 0 bridgehead atoms. The molecule has 0 radical (unpaired) electrons. The number of aromatic nitrogens is 4. The number of hydrogen-bond donors (Lipinski definition) is 2. The summed E-state index contributed by atoms with van der Waals surface area (Å²) in [6, 6.07) is 13.8. The minimum atomic E-state index is 0.369. The number of anilines is 3. The smallest absolute Gasteiger partial charge is 0.249 e. The van der Waals surface area contributed by atoms with Gasteiger partial charge in [0.15, 0.2) is 0 Å². The van der Waals surface area contributed by atoms with Crippen LogP contribution in [0.3, 0.4) is 0 Å². The summed E-state index contributed by atoms with van der Waals surface area (Å²) in [4.78, 5) is 8.36. The highest BCUT2D eigenvalue weighted by Crippen LogP contribution is 2.13. The Labute approximate surface area is 122 Å². The molecule has 21 heavy (non-hydrogen) atoms. The molecule has 0 aliphatic heterocycles. The first-order chi connectivity index (χ1) is 10.2. The molecule has 0 spiro atoms. The fourth-order valence-corrected chi connectivity index (χ4v) is 1.94. The number of nitrogen functional groups attached to an aromatic ring is 1. The molecule has 0 unspecified atom stereocenters. The summed E-state index contributed by atoms with van der Waals surface area (Å²) in [7, 11) is 0. The Morgan fingerprint density at radius 3 is 2.67 bits per heavy atom. The van der Waals surface area contributed by atoms with Gasteiger partial charge in [-0.05, 0) is 24.6 Å². The molecule has 106 valence electrons. The standard InChI is InChI=1S/C15H16N6/c1-11-5-7-12(8-6-11)10-21-14(16)19-15(20-21)18-13-4-2-3-9-17-13/h2-9H,10H2,1H3,(H3,16,17,18,19,20). The van der Waals surface area contributed by atoms with Gasteiger partial charge in [-0.15, -0.1) is 5.10 Å². The lowest BCUT2D eigenvalue weighted by atomic mass is 10.1. The van der Waals surface area contributed by atoms with Crippen molar-refractivity contribution in [3.05, 3.63) is 59.8 Å². The Hall–Kier alpha value is -2.89. The van der Waals surface area contributed by atoms with Crippen LogP contribution < -0.4 is 11.1 Å². The van der Waals surface area contributed by atoms with Crippen molar-refractivity contribution < 1.29 is 0 Å². The number of aryl methyl sites for hydroxylation is 1. The molecular weight excluding hydrogens is 264 g/mol. The second-order valence-electron chi connectivity index (χ2n) is 4.78. The minimum absolute atomic E-state index is 0.369. The van der Waals surface area contributed by atoms with Gasteiger partial charge in [-0.3, -0.25) is 0 Å². The van der Waals surface area contributed by atoms with Crippen LogP contribution in [-0.4, -0.2) is 19.7 Å². The quantitative estimate of drug-likeness (QED) is 0.766. The second-order valence-corrected chi connectivity index (χ2v) is 4.78. The molecule has 6 nitrogen and oxygen atoms in total. The Balaban J connectivity index is 1.76. The molecule has 0 saturated carbocycles. The monoisotopic (exact) mass is 280 g/mol. The number of nitrogens with zero attached hydrogens (tertiary/aromatic N) is 4. The van der Waals surface area contributed by atoms with Crippen molar-refractivity contribution in [3.8, 4) is 0 Å². The Morgan fingerprint density at radius 1 is 1.14 bits per heavy atom. The fraction of sp³-hybridized carbons (Fsp3) is 0.133. The third-order valence-corrected chi connectivity index (χ3v) is 3.06. The molecule has 2 aromatic heterocycles. The summed E-state index contributed by atoms with van der Waals surface area (Å²) >= 11 is 0. The van der Waals surface area contributed by atoms with Crippen LogP contribution in [0.5, 0.6) is 0 Å². The van der Waals surface area contributed by atoms with Gasteiger partial charge in [0, 0.05) is 6.20 Å². The van der Waals surface area contributed by atoms with Crippen LogP contribution in [-0.2, 0) is 6.54 Å². The van der Waals surface area contributed by atoms with Gasteiger partial charge in [0.2, 0.25) is 11.9 Å². The Kier molecular flexibility index (Phi) is 3.51. The highest BCUT2D eigenvalue weighted by Gasteiger charge is 2.08. The zero-order chi connectivity index (χ0) is 14.7. The molecule has 0 fully saturated rings. The van der Waals surface area contributed by atoms with E-state index in [0.29, 0.717) is 24.3 Å². The zero-order valence-corrected chi connectivity index (χ0v) is 11.7. The van der Waals surface area contributed by atoms with E-state index in [2.05, 4.69) is 51.6 Å². The number of nitrogens with two attached hydrogens (primary N) is 1. The van der Waals surface area contributed by atoms with Crippen molar-refractivity contribution in [2.75, 3.05) is 11.1 Å². The van der Waals surface area contributed by atoms with E-state index in [1.807, 2.05) is 18.2 Å². The number of pyridine rings is 1. The molecule has 0 saturated heterocycles. The van der Waals surface area contributed by atoms with Gasteiger partial charge in [0.25, 0.3) is 0 Å². The van der Waals surface area contributed by atoms with E-state index < -0.39 is 0 Å². The van der Waals surface area contributed by atoms with Crippen LogP contribution in [0.15, 0.2) is 48.7 Å². The van der Waals surface area contributed by atoms with E-state index in [4.69, 9.17) is 5.73 Å². The van der Waals surface area contributed by atoms with Gasteiger partial charge >= 0.3 is 0 Å². The molecular formula is C15H16N6. The molecule has 3 N–H and O–H groups in total. The number of hydrogen-bond acceptors (Lipinski definition) is 5. The predicted octanol–water partition coefficient (Wildman–Crippen LogP) is 2.36. The summed E-state index contributed by atoms with van der Waals surface area (Å²) in [5, 5.41) is 7.38. The molecule has 0 atom stereocenters. The maximum absolute atomic E-state index is 5.90. The first-order valence-corrected chi connectivity index (χ1v) is 6.64. The summed E-state index contributed by atoms with van der Waals surface area (Å²) < 4.78 is 1.66. The van der Waals surface area contributed by atoms with E-state index in [-0.39, 0.29) is 0 Å². The second kappa shape index (κ2) is 5.62. The molecule has 0 aliphatic carbocycles. The molecule has 3 rings (SSSR count). The molecule has 3 aromatic rings. The number of rotatable bonds is 4. The van der Waals surface area contributed by atoms with Crippen LogP contribution in [0, 0.1) is 6.92 Å². The summed E-state index contributed by atoms with van der Waals surface area (Å²) in [5.74, 6) is 1.50. The van der Waals surface area contributed by atoms with Crippen LogP contribution in [0.1, 0.15) is 11.1 Å². The molecule has 1 aromatic carbocycles. The summed E-state index contributed by atoms with van der Waals surface area (Å²) in [6.07, 6.45) is 1.70. The maximum atomic E-state index is 5.90. The van der Waals surface area contributed by atoms with Gasteiger partial charge < -0.3 is 11.1 Å². The van der Waals surface area contributed by atoms with Crippen LogP contribution >= 0.6 is 0 Å². The summed E-state index contributed by atoms with van der Waals surface area (Å²) in [6.45, 7) is 2.64. The first kappa shape index (κ1) is 13.1. The van der Waals surface area contributed by atoms with Crippen molar-refractivity contribution in [3.63, 3.8) is 0 Å². The van der Waals surface area contributed by atoms with Gasteiger partial charge in [-0.25, -0.2) is 9.67 Å². The molecule has 2 heterocycles. The van der Waals surface area contributed by atoms with Crippen molar-refractivity contribution in [1.29, 1.82) is 0 Å². The Morgan fingerprint density at radius 2 is 1.95 bits per heavy atom. The number of nitrogens with one attached hydrogen (secondary N) is 1. The van der Waals surface area contributed by atoms with Gasteiger partial charge in [-0.1, -0.05) is 35.9 Å². The highest BCUT2D eigenvalue weighted by atomic mass is 15.4. The van der Waals surface area contributed by atoms with Crippen molar-refractivity contribution in [1.82, 2.24) is 19.7 Å². The van der Waals surface area contributed by atoms with Crippen LogP contribution in [0.25, 0.3) is 0 Å². The molecule has 6 heteroatoms. The lowest BCUT2D eigenvalue weighted by Gasteiger charge is -2.03.